The van der Waals surface area contributed by atoms with Crippen LogP contribution < -0.4 is 0 Å². The highest BCUT2D eigenvalue weighted by Gasteiger charge is 2.29. The minimum absolute atomic E-state index is 0.170. The first-order chi connectivity index (χ1) is 9.77. The minimum atomic E-state index is -4.33. The van der Waals surface area contributed by atoms with Crippen molar-refractivity contribution in [2.45, 2.75) is 17.4 Å². The molecule has 0 spiro atoms. The van der Waals surface area contributed by atoms with Gasteiger partial charge in [0.2, 0.25) is 0 Å². The lowest BCUT2D eigenvalue weighted by molar-refractivity contribution is -0.137. The third-order valence-corrected chi connectivity index (χ3v) is 4.50. The van der Waals surface area contributed by atoms with Gasteiger partial charge in [-0.25, -0.2) is 4.39 Å². The Bertz CT molecular complexity index is 621. The summed E-state index contributed by atoms with van der Waals surface area (Å²) in [5.41, 5.74) is 0.802. The molecule has 0 saturated carbocycles. The molecular formula is C15H10Br2F4. The van der Waals surface area contributed by atoms with Gasteiger partial charge in [0.25, 0.3) is 0 Å². The normalized spacial score (nSPS) is 13.2. The van der Waals surface area contributed by atoms with Gasteiger partial charge in [-0.2, -0.15) is 13.2 Å². The molecule has 1 unspecified atom stereocenters. The molecule has 0 radical (unpaired) electrons. The zero-order valence-electron chi connectivity index (χ0n) is 10.6. The molecule has 2 rings (SSSR count). The molecule has 0 bridgehead atoms. The lowest BCUT2D eigenvalue weighted by atomic mass is 10.0. The highest BCUT2D eigenvalue weighted by Crippen LogP contribution is 2.32. The van der Waals surface area contributed by atoms with Gasteiger partial charge in [-0.05, 0) is 57.7 Å². The zero-order valence-corrected chi connectivity index (χ0v) is 13.8. The van der Waals surface area contributed by atoms with E-state index < -0.39 is 11.7 Å². The van der Waals surface area contributed by atoms with Gasteiger partial charge in [-0.1, -0.05) is 34.1 Å². The zero-order chi connectivity index (χ0) is 15.6. The molecule has 2 aromatic carbocycles. The molecule has 0 nitrogen and oxygen atoms in total. The number of benzene rings is 2. The fourth-order valence-electron chi connectivity index (χ4n) is 1.86. The molecule has 0 fully saturated rings. The summed E-state index contributed by atoms with van der Waals surface area (Å²) in [6.45, 7) is 0. The molecule has 0 heterocycles. The second-order valence-electron chi connectivity index (χ2n) is 4.54. The third-order valence-electron chi connectivity index (χ3n) is 3.00. The first kappa shape index (κ1) is 16.5. The number of alkyl halides is 4. The van der Waals surface area contributed by atoms with Crippen molar-refractivity contribution >= 4 is 31.9 Å². The summed E-state index contributed by atoms with van der Waals surface area (Å²) in [5, 5.41) is 0. The van der Waals surface area contributed by atoms with Crippen LogP contribution in [-0.4, -0.2) is 0 Å². The van der Waals surface area contributed by atoms with E-state index in [4.69, 9.17) is 0 Å². The summed E-state index contributed by atoms with van der Waals surface area (Å²) in [6, 6.07) is 9.74. The molecule has 1 atom stereocenters. The number of halogens is 6. The molecular weight excluding hydrogens is 416 g/mol. The molecule has 0 aromatic heterocycles. The van der Waals surface area contributed by atoms with Crippen LogP contribution in [0.4, 0.5) is 17.6 Å². The van der Waals surface area contributed by atoms with Gasteiger partial charge in [-0.3, -0.25) is 0 Å². The van der Waals surface area contributed by atoms with Crippen LogP contribution >= 0.6 is 31.9 Å². The Labute approximate surface area is 136 Å². The smallest absolute Gasteiger partial charge is 0.206 e. The fraction of sp³-hybridized carbons (Fsp3) is 0.200. The van der Waals surface area contributed by atoms with E-state index >= 15 is 0 Å². The van der Waals surface area contributed by atoms with Crippen LogP contribution in [0, 0.1) is 5.82 Å². The molecule has 0 N–H and O–H groups in total. The van der Waals surface area contributed by atoms with Crippen molar-refractivity contribution in [2.24, 2.45) is 0 Å². The quantitative estimate of drug-likeness (QED) is 0.400. The highest BCUT2D eigenvalue weighted by molar-refractivity contribution is 9.10. The van der Waals surface area contributed by atoms with Crippen LogP contribution in [0.3, 0.4) is 0 Å². The molecule has 2 aromatic rings. The van der Waals surface area contributed by atoms with Crippen LogP contribution in [0.5, 0.6) is 0 Å². The second kappa shape index (κ2) is 6.48. The van der Waals surface area contributed by atoms with Gasteiger partial charge in [0.1, 0.15) is 5.82 Å². The van der Waals surface area contributed by atoms with Gasteiger partial charge in [-0.15, -0.1) is 0 Å². The average molecular weight is 426 g/mol. The Balaban J connectivity index is 2.12. The standard InChI is InChI=1S/C15H10Br2F4/c16-12-6-3-10(8-14(12)18)13(17)7-9-1-4-11(5-2-9)15(19,20)21/h1-6,8,13H,7H2. The van der Waals surface area contributed by atoms with Crippen LogP contribution in [-0.2, 0) is 12.6 Å². The van der Waals surface area contributed by atoms with Gasteiger partial charge < -0.3 is 0 Å². The van der Waals surface area contributed by atoms with Crippen LogP contribution in [0.15, 0.2) is 46.9 Å². The fourth-order valence-corrected chi connectivity index (χ4v) is 2.77. The van der Waals surface area contributed by atoms with Gasteiger partial charge in [0.05, 0.1) is 10.0 Å². The molecule has 0 amide bonds. The van der Waals surface area contributed by atoms with Crippen LogP contribution in [0.25, 0.3) is 0 Å². The average Bonchev–Trinajstić information content (AvgIpc) is 2.41. The van der Waals surface area contributed by atoms with E-state index in [0.717, 1.165) is 23.3 Å². The SMILES string of the molecule is Fc1cc(C(Br)Cc2ccc(C(F)(F)F)cc2)ccc1Br. The summed E-state index contributed by atoms with van der Waals surface area (Å²) >= 11 is 6.51. The van der Waals surface area contributed by atoms with E-state index in [2.05, 4.69) is 31.9 Å². The summed E-state index contributed by atoms with van der Waals surface area (Å²) in [4.78, 5) is -0.170. The van der Waals surface area contributed by atoms with E-state index in [-0.39, 0.29) is 10.6 Å². The molecule has 0 aliphatic carbocycles. The van der Waals surface area contributed by atoms with E-state index in [1.807, 2.05) is 0 Å². The Hall–Kier alpha value is -0.880. The molecule has 6 heteroatoms. The largest absolute Gasteiger partial charge is 0.416 e. The molecule has 112 valence electrons. The van der Waals surface area contributed by atoms with E-state index in [0.29, 0.717) is 10.9 Å². The predicted molar refractivity (Wildman–Crippen MR) is 80.9 cm³/mol. The lowest BCUT2D eigenvalue weighted by Gasteiger charge is -2.12. The van der Waals surface area contributed by atoms with Crippen molar-refractivity contribution in [3.63, 3.8) is 0 Å². The first-order valence-corrected chi connectivity index (χ1v) is 7.73. The van der Waals surface area contributed by atoms with Crippen molar-refractivity contribution in [1.82, 2.24) is 0 Å². The molecule has 21 heavy (non-hydrogen) atoms. The predicted octanol–water partition coefficient (Wildman–Crippen LogP) is 6.29. The van der Waals surface area contributed by atoms with E-state index in [1.165, 1.54) is 18.2 Å². The highest BCUT2D eigenvalue weighted by atomic mass is 79.9. The maximum atomic E-state index is 13.5. The van der Waals surface area contributed by atoms with Crippen molar-refractivity contribution in [3.05, 3.63) is 69.4 Å². The topological polar surface area (TPSA) is 0 Å². The van der Waals surface area contributed by atoms with Gasteiger partial charge in [0.15, 0.2) is 0 Å². The Kier molecular flexibility index (Phi) is 5.09. The van der Waals surface area contributed by atoms with Crippen LogP contribution in [0.2, 0.25) is 0 Å². The maximum absolute atomic E-state index is 13.5. The Morgan fingerprint density at radius 3 is 2.14 bits per heavy atom. The number of rotatable bonds is 3. The third kappa shape index (κ3) is 4.30. The van der Waals surface area contributed by atoms with Crippen molar-refractivity contribution in [2.75, 3.05) is 0 Å². The van der Waals surface area contributed by atoms with E-state index in [9.17, 15) is 17.6 Å². The van der Waals surface area contributed by atoms with Crippen molar-refractivity contribution in [1.29, 1.82) is 0 Å². The first-order valence-electron chi connectivity index (χ1n) is 6.02. The Morgan fingerprint density at radius 2 is 1.62 bits per heavy atom. The number of hydrogen-bond donors (Lipinski definition) is 0. The maximum Gasteiger partial charge on any atom is 0.416 e. The van der Waals surface area contributed by atoms with Crippen molar-refractivity contribution < 1.29 is 17.6 Å². The van der Waals surface area contributed by atoms with E-state index in [1.54, 1.807) is 12.1 Å². The molecule has 0 saturated heterocycles. The summed E-state index contributed by atoms with van der Waals surface area (Å²) in [7, 11) is 0. The van der Waals surface area contributed by atoms with Crippen LogP contribution in [0.1, 0.15) is 21.5 Å². The number of hydrogen-bond acceptors (Lipinski definition) is 0. The summed E-state index contributed by atoms with van der Waals surface area (Å²) in [5.74, 6) is -0.371. The monoisotopic (exact) mass is 424 g/mol. The second-order valence-corrected chi connectivity index (χ2v) is 6.50. The molecule has 0 aliphatic heterocycles. The Morgan fingerprint density at radius 1 is 1.00 bits per heavy atom. The lowest BCUT2D eigenvalue weighted by Crippen LogP contribution is -2.05. The van der Waals surface area contributed by atoms with Crippen molar-refractivity contribution in [3.8, 4) is 0 Å². The summed E-state index contributed by atoms with van der Waals surface area (Å²) in [6.07, 6.45) is -3.86. The van der Waals surface area contributed by atoms with Gasteiger partial charge >= 0.3 is 6.18 Å². The summed E-state index contributed by atoms with van der Waals surface area (Å²) < 4.78 is 51.3. The van der Waals surface area contributed by atoms with Gasteiger partial charge in [0, 0.05) is 4.83 Å². The molecule has 0 aliphatic rings. The minimum Gasteiger partial charge on any atom is -0.206 e.